The zero-order chi connectivity index (χ0) is 15.4. The van der Waals surface area contributed by atoms with Gasteiger partial charge < -0.3 is 15.2 Å². The molecule has 2 aromatic rings. The Morgan fingerprint density at radius 1 is 1.10 bits per heavy atom. The van der Waals surface area contributed by atoms with Crippen molar-refractivity contribution in [2.45, 2.75) is 19.4 Å². The Bertz CT molecular complexity index is 606. The average molecular weight is 293 g/mol. The smallest absolute Gasteiger partial charge is 0.198 e. The average Bonchev–Trinajstić information content (AvgIpc) is 2.42. The van der Waals surface area contributed by atoms with Crippen LogP contribution < -0.4 is 15.2 Å². The molecule has 0 aliphatic heterocycles. The van der Waals surface area contributed by atoms with Gasteiger partial charge in [-0.3, -0.25) is 0 Å². The van der Waals surface area contributed by atoms with Gasteiger partial charge in [-0.15, -0.1) is 0 Å². The van der Waals surface area contributed by atoms with Gasteiger partial charge in [0.25, 0.3) is 0 Å². The summed E-state index contributed by atoms with van der Waals surface area (Å²) in [4.78, 5) is 0. The monoisotopic (exact) mass is 293 g/mol. The van der Waals surface area contributed by atoms with Gasteiger partial charge in [0, 0.05) is 12.1 Å². The minimum atomic E-state index is -0.756. The van der Waals surface area contributed by atoms with Gasteiger partial charge in [-0.1, -0.05) is 6.07 Å². The van der Waals surface area contributed by atoms with Crippen molar-refractivity contribution in [2.24, 2.45) is 5.73 Å². The number of rotatable bonds is 5. The van der Waals surface area contributed by atoms with E-state index in [1.165, 1.54) is 19.2 Å². The first-order valence-corrected chi connectivity index (χ1v) is 6.55. The Balaban J connectivity index is 2.27. The van der Waals surface area contributed by atoms with E-state index >= 15 is 0 Å². The molecule has 0 heterocycles. The third-order valence-corrected chi connectivity index (χ3v) is 2.88. The third kappa shape index (κ3) is 3.92. The van der Waals surface area contributed by atoms with Crippen LogP contribution in [-0.2, 0) is 6.42 Å². The van der Waals surface area contributed by atoms with Crippen LogP contribution in [0.3, 0.4) is 0 Å². The first-order chi connectivity index (χ1) is 9.99. The fraction of sp³-hybridized carbons (Fsp3) is 0.250. The quantitative estimate of drug-likeness (QED) is 0.915. The van der Waals surface area contributed by atoms with Gasteiger partial charge in [-0.25, -0.2) is 8.78 Å². The van der Waals surface area contributed by atoms with E-state index in [0.29, 0.717) is 23.5 Å². The molecule has 0 aliphatic rings. The third-order valence-electron chi connectivity index (χ3n) is 2.88. The van der Waals surface area contributed by atoms with Crippen molar-refractivity contribution in [3.05, 3.63) is 53.6 Å². The highest BCUT2D eigenvalue weighted by Crippen LogP contribution is 2.30. The highest BCUT2D eigenvalue weighted by Gasteiger charge is 2.14. The molecule has 3 nitrogen and oxygen atoms in total. The molecule has 0 aliphatic carbocycles. The van der Waals surface area contributed by atoms with Gasteiger partial charge in [-0.05, 0) is 43.2 Å². The van der Waals surface area contributed by atoms with Crippen molar-refractivity contribution >= 4 is 0 Å². The standard InChI is InChI=1S/C16H17F2NO2/c1-10(19)6-11-7-14(17)16(15(18)8-11)21-13-5-3-4-12(9-13)20-2/h3-5,7-10H,6,19H2,1-2H3. The Kier molecular flexibility index (Phi) is 4.75. The Morgan fingerprint density at radius 3 is 2.29 bits per heavy atom. The number of hydrogen-bond acceptors (Lipinski definition) is 3. The fourth-order valence-electron chi connectivity index (χ4n) is 1.98. The molecular formula is C16H17F2NO2. The van der Waals surface area contributed by atoms with Crippen molar-refractivity contribution in [2.75, 3.05) is 7.11 Å². The molecule has 2 rings (SSSR count). The van der Waals surface area contributed by atoms with E-state index in [9.17, 15) is 8.78 Å². The first-order valence-electron chi connectivity index (χ1n) is 6.55. The van der Waals surface area contributed by atoms with Crippen LogP contribution in [0.4, 0.5) is 8.78 Å². The molecule has 112 valence electrons. The predicted octanol–water partition coefficient (Wildman–Crippen LogP) is 3.66. The number of benzene rings is 2. The van der Waals surface area contributed by atoms with Crippen molar-refractivity contribution in [3.8, 4) is 17.2 Å². The number of ether oxygens (including phenoxy) is 2. The van der Waals surface area contributed by atoms with Crippen molar-refractivity contribution in [3.63, 3.8) is 0 Å². The predicted molar refractivity (Wildman–Crippen MR) is 76.8 cm³/mol. The SMILES string of the molecule is COc1cccc(Oc2c(F)cc(CC(C)N)cc2F)c1. The Morgan fingerprint density at radius 2 is 1.71 bits per heavy atom. The normalized spacial score (nSPS) is 12.0. The van der Waals surface area contributed by atoms with Crippen LogP contribution in [0.25, 0.3) is 0 Å². The van der Waals surface area contributed by atoms with Crippen LogP contribution in [0.5, 0.6) is 17.2 Å². The van der Waals surface area contributed by atoms with Crippen molar-refractivity contribution < 1.29 is 18.3 Å². The fourth-order valence-corrected chi connectivity index (χ4v) is 1.98. The lowest BCUT2D eigenvalue weighted by Gasteiger charge is -2.11. The second-order valence-corrected chi connectivity index (χ2v) is 4.85. The van der Waals surface area contributed by atoms with Gasteiger partial charge >= 0.3 is 0 Å². The van der Waals surface area contributed by atoms with Gasteiger partial charge in [0.15, 0.2) is 17.4 Å². The van der Waals surface area contributed by atoms with E-state index in [0.717, 1.165) is 0 Å². The zero-order valence-electron chi connectivity index (χ0n) is 11.9. The van der Waals surface area contributed by atoms with Gasteiger partial charge in [0.05, 0.1) is 7.11 Å². The highest BCUT2D eigenvalue weighted by atomic mass is 19.1. The van der Waals surface area contributed by atoms with Gasteiger partial charge in [-0.2, -0.15) is 0 Å². The Hall–Kier alpha value is -2.14. The van der Waals surface area contributed by atoms with E-state index in [4.69, 9.17) is 15.2 Å². The number of methoxy groups -OCH3 is 1. The molecule has 0 spiro atoms. The van der Waals surface area contributed by atoms with Crippen LogP contribution in [0.2, 0.25) is 0 Å². The van der Waals surface area contributed by atoms with Crippen molar-refractivity contribution in [1.29, 1.82) is 0 Å². The first kappa shape index (κ1) is 15.3. The van der Waals surface area contributed by atoms with E-state index < -0.39 is 17.4 Å². The highest BCUT2D eigenvalue weighted by molar-refractivity contribution is 5.39. The molecule has 1 unspecified atom stereocenters. The summed E-state index contributed by atoms with van der Waals surface area (Å²) in [5, 5.41) is 0. The van der Waals surface area contributed by atoms with Crippen LogP contribution >= 0.6 is 0 Å². The summed E-state index contributed by atoms with van der Waals surface area (Å²) in [6.45, 7) is 1.77. The minimum absolute atomic E-state index is 0.172. The summed E-state index contributed by atoms with van der Waals surface area (Å²) in [6.07, 6.45) is 0.396. The minimum Gasteiger partial charge on any atom is -0.497 e. The molecular weight excluding hydrogens is 276 g/mol. The lowest BCUT2D eigenvalue weighted by atomic mass is 10.1. The lowest BCUT2D eigenvalue weighted by molar-refractivity contribution is 0.393. The number of nitrogens with two attached hydrogens (primary N) is 1. The summed E-state index contributed by atoms with van der Waals surface area (Å²) in [5.41, 5.74) is 6.13. The summed E-state index contributed by atoms with van der Waals surface area (Å²) < 4.78 is 38.3. The lowest BCUT2D eigenvalue weighted by Crippen LogP contribution is -2.18. The summed E-state index contributed by atoms with van der Waals surface area (Å²) in [5.74, 6) is -1.10. The topological polar surface area (TPSA) is 44.5 Å². The molecule has 0 amide bonds. The molecule has 0 fully saturated rings. The molecule has 0 aromatic heterocycles. The molecule has 1 atom stereocenters. The largest absolute Gasteiger partial charge is 0.497 e. The van der Waals surface area contributed by atoms with E-state index in [1.54, 1.807) is 31.2 Å². The zero-order valence-corrected chi connectivity index (χ0v) is 11.9. The molecule has 5 heteroatoms. The van der Waals surface area contributed by atoms with Crippen molar-refractivity contribution in [1.82, 2.24) is 0 Å². The number of halogens is 2. The van der Waals surface area contributed by atoms with Crippen LogP contribution in [0.15, 0.2) is 36.4 Å². The number of hydrogen-bond donors (Lipinski definition) is 1. The molecule has 2 aromatic carbocycles. The van der Waals surface area contributed by atoms with E-state index in [1.807, 2.05) is 0 Å². The second kappa shape index (κ2) is 6.54. The molecule has 2 N–H and O–H groups in total. The maximum absolute atomic E-state index is 14.0. The van der Waals surface area contributed by atoms with E-state index in [2.05, 4.69) is 0 Å². The van der Waals surface area contributed by atoms with Crippen LogP contribution in [0.1, 0.15) is 12.5 Å². The summed E-state index contributed by atoms with van der Waals surface area (Å²) >= 11 is 0. The van der Waals surface area contributed by atoms with Crippen LogP contribution in [0, 0.1) is 11.6 Å². The molecule has 0 saturated heterocycles. The van der Waals surface area contributed by atoms with Gasteiger partial charge in [0.2, 0.25) is 0 Å². The van der Waals surface area contributed by atoms with Gasteiger partial charge in [0.1, 0.15) is 11.5 Å². The summed E-state index contributed by atoms with van der Waals surface area (Å²) in [6, 6.07) is 8.84. The maximum Gasteiger partial charge on any atom is 0.198 e. The van der Waals surface area contributed by atoms with Crippen LogP contribution in [-0.4, -0.2) is 13.2 Å². The molecule has 0 bridgehead atoms. The molecule has 21 heavy (non-hydrogen) atoms. The molecule has 0 saturated carbocycles. The Labute approximate surface area is 122 Å². The van der Waals surface area contributed by atoms with E-state index in [-0.39, 0.29) is 6.04 Å². The summed E-state index contributed by atoms with van der Waals surface area (Å²) in [7, 11) is 1.50. The maximum atomic E-state index is 14.0. The molecule has 0 radical (unpaired) electrons. The second-order valence-electron chi connectivity index (χ2n) is 4.85.